The third-order valence-corrected chi connectivity index (χ3v) is 6.01. The molecule has 0 bridgehead atoms. The zero-order chi connectivity index (χ0) is 17.3. The van der Waals surface area contributed by atoms with Crippen molar-refractivity contribution in [2.75, 3.05) is 25.0 Å². The molecule has 4 rings (SSSR count). The lowest BCUT2D eigenvalue weighted by Gasteiger charge is -2.39. The van der Waals surface area contributed by atoms with Crippen LogP contribution in [0.2, 0.25) is 0 Å². The first-order chi connectivity index (χ1) is 12.2. The molecule has 1 saturated heterocycles. The van der Waals surface area contributed by atoms with Crippen molar-refractivity contribution >= 4 is 27.7 Å². The lowest BCUT2D eigenvalue weighted by atomic mass is 9.74. The number of nitrogens with one attached hydrogen (secondary N) is 1. The van der Waals surface area contributed by atoms with Crippen molar-refractivity contribution in [3.8, 4) is 0 Å². The van der Waals surface area contributed by atoms with Gasteiger partial charge >= 0.3 is 6.09 Å². The van der Waals surface area contributed by atoms with Crippen molar-refractivity contribution in [2.45, 2.75) is 24.9 Å². The lowest BCUT2D eigenvalue weighted by Crippen LogP contribution is -2.46. The Morgan fingerprint density at radius 2 is 1.88 bits per heavy atom. The minimum atomic E-state index is -0.211. The maximum absolute atomic E-state index is 12.4. The third-order valence-electron chi connectivity index (χ3n) is 5.35. The van der Waals surface area contributed by atoms with Gasteiger partial charge in [-0.2, -0.15) is 0 Å². The van der Waals surface area contributed by atoms with E-state index in [9.17, 15) is 4.79 Å². The summed E-state index contributed by atoms with van der Waals surface area (Å²) in [6, 6.07) is 16.1. The molecule has 1 fully saturated rings. The van der Waals surface area contributed by atoms with Gasteiger partial charge in [-0.3, -0.25) is 0 Å². The van der Waals surface area contributed by atoms with Crippen LogP contribution in [0.4, 0.5) is 10.5 Å². The molecule has 2 heterocycles. The topological polar surface area (TPSA) is 41.6 Å². The number of anilines is 1. The smallest absolute Gasteiger partial charge is 0.410 e. The van der Waals surface area contributed by atoms with Crippen LogP contribution >= 0.6 is 15.9 Å². The molecule has 0 unspecified atom stereocenters. The predicted molar refractivity (Wildman–Crippen MR) is 102 cm³/mol. The maximum atomic E-state index is 12.4. The van der Waals surface area contributed by atoms with Crippen LogP contribution in [0.3, 0.4) is 0 Å². The van der Waals surface area contributed by atoms with E-state index in [1.54, 1.807) is 0 Å². The molecule has 25 heavy (non-hydrogen) atoms. The van der Waals surface area contributed by atoms with Crippen LogP contribution in [-0.4, -0.2) is 30.6 Å². The molecular weight excluding hydrogens is 380 g/mol. The van der Waals surface area contributed by atoms with Crippen LogP contribution in [0.15, 0.2) is 53.0 Å². The van der Waals surface area contributed by atoms with E-state index in [0.29, 0.717) is 6.61 Å². The van der Waals surface area contributed by atoms with E-state index < -0.39 is 0 Å². The average molecular weight is 401 g/mol. The molecule has 5 heteroatoms. The predicted octanol–water partition coefficient (Wildman–Crippen LogP) is 4.55. The Morgan fingerprint density at radius 3 is 2.64 bits per heavy atom. The number of fused-ring (bicyclic) bond motifs is 2. The number of piperidine rings is 1. The molecule has 0 atom stereocenters. The monoisotopic (exact) mass is 400 g/mol. The summed E-state index contributed by atoms with van der Waals surface area (Å²) in [5.74, 6) is 0. The van der Waals surface area contributed by atoms with Crippen molar-refractivity contribution in [2.24, 2.45) is 0 Å². The number of ether oxygens (including phenoxy) is 1. The third kappa shape index (κ3) is 3.13. The summed E-state index contributed by atoms with van der Waals surface area (Å²) < 4.78 is 6.64. The van der Waals surface area contributed by atoms with E-state index >= 15 is 0 Å². The normalized spacial score (nSPS) is 17.9. The number of carbonyl (C=O) groups excluding carboxylic acids is 1. The Hall–Kier alpha value is -2.01. The quantitative estimate of drug-likeness (QED) is 0.803. The van der Waals surface area contributed by atoms with Crippen LogP contribution in [-0.2, 0) is 16.8 Å². The minimum Gasteiger partial charge on any atom is -0.445 e. The highest BCUT2D eigenvalue weighted by Gasteiger charge is 2.43. The zero-order valence-corrected chi connectivity index (χ0v) is 15.6. The minimum absolute atomic E-state index is 0.117. The summed E-state index contributed by atoms with van der Waals surface area (Å²) in [5, 5.41) is 3.53. The van der Waals surface area contributed by atoms with Gasteiger partial charge in [-0.1, -0.05) is 52.3 Å². The van der Waals surface area contributed by atoms with E-state index in [2.05, 4.69) is 39.4 Å². The van der Waals surface area contributed by atoms with Gasteiger partial charge in [0.2, 0.25) is 0 Å². The standard InChI is InChI=1S/C20H21BrN2O2/c21-16-7-4-8-17-18(16)20(14-22-17)9-11-23(12-10-20)19(24)25-13-15-5-2-1-3-6-15/h1-8,22H,9-14H2. The fourth-order valence-corrected chi connectivity index (χ4v) is 4.70. The highest BCUT2D eigenvalue weighted by Crippen LogP contribution is 2.47. The van der Waals surface area contributed by atoms with E-state index in [-0.39, 0.29) is 11.5 Å². The largest absolute Gasteiger partial charge is 0.445 e. The first kappa shape index (κ1) is 16.5. The van der Waals surface area contributed by atoms with Crippen LogP contribution in [0.5, 0.6) is 0 Å². The molecule has 0 radical (unpaired) electrons. The van der Waals surface area contributed by atoms with Gasteiger partial charge in [-0.15, -0.1) is 0 Å². The van der Waals surface area contributed by atoms with Gasteiger partial charge in [0.15, 0.2) is 0 Å². The first-order valence-electron chi connectivity index (χ1n) is 8.66. The molecular formula is C20H21BrN2O2. The number of rotatable bonds is 2. The Kier molecular flexibility index (Phi) is 4.42. The maximum Gasteiger partial charge on any atom is 0.410 e. The van der Waals surface area contributed by atoms with Crippen LogP contribution < -0.4 is 5.32 Å². The van der Waals surface area contributed by atoms with Gasteiger partial charge < -0.3 is 15.0 Å². The van der Waals surface area contributed by atoms with Gasteiger partial charge in [0, 0.05) is 35.2 Å². The molecule has 0 saturated carbocycles. The SMILES string of the molecule is O=C(OCc1ccccc1)N1CCC2(CC1)CNc1cccc(Br)c12. The second-order valence-electron chi connectivity index (χ2n) is 6.82. The summed E-state index contributed by atoms with van der Waals surface area (Å²) in [7, 11) is 0. The first-order valence-corrected chi connectivity index (χ1v) is 9.46. The van der Waals surface area contributed by atoms with Crippen LogP contribution in [0.25, 0.3) is 0 Å². The van der Waals surface area contributed by atoms with Crippen molar-refractivity contribution in [3.05, 3.63) is 64.1 Å². The van der Waals surface area contributed by atoms with E-state index in [0.717, 1.165) is 42.5 Å². The molecule has 2 aromatic carbocycles. The van der Waals surface area contributed by atoms with Gasteiger partial charge in [0.05, 0.1) is 0 Å². The molecule has 4 nitrogen and oxygen atoms in total. The fraction of sp³-hybridized carbons (Fsp3) is 0.350. The average Bonchev–Trinajstić information content (AvgIpc) is 3.01. The number of nitrogens with zero attached hydrogens (tertiary/aromatic N) is 1. The van der Waals surface area contributed by atoms with E-state index in [1.165, 1.54) is 11.3 Å². The Bertz CT molecular complexity index is 771. The van der Waals surface area contributed by atoms with E-state index in [4.69, 9.17) is 4.74 Å². The number of benzene rings is 2. The summed E-state index contributed by atoms with van der Waals surface area (Å²) in [6.45, 7) is 2.74. The molecule has 2 aliphatic heterocycles. The van der Waals surface area contributed by atoms with Gasteiger partial charge in [0.1, 0.15) is 6.61 Å². The molecule has 130 valence electrons. The zero-order valence-electron chi connectivity index (χ0n) is 14.0. The van der Waals surface area contributed by atoms with E-state index in [1.807, 2.05) is 35.2 Å². The van der Waals surface area contributed by atoms with Gasteiger partial charge in [-0.25, -0.2) is 4.79 Å². The summed E-state index contributed by atoms with van der Waals surface area (Å²) in [5.41, 5.74) is 3.72. The van der Waals surface area contributed by atoms with Gasteiger partial charge in [-0.05, 0) is 36.1 Å². The second-order valence-corrected chi connectivity index (χ2v) is 7.68. The highest BCUT2D eigenvalue weighted by atomic mass is 79.9. The van der Waals surface area contributed by atoms with Crippen LogP contribution in [0, 0.1) is 0 Å². The molecule has 1 amide bonds. The summed E-state index contributed by atoms with van der Waals surface area (Å²) in [6.07, 6.45) is 1.70. The molecule has 1 spiro atoms. The Morgan fingerprint density at radius 1 is 1.12 bits per heavy atom. The van der Waals surface area contributed by atoms with Gasteiger partial charge in [0.25, 0.3) is 0 Å². The summed E-state index contributed by atoms with van der Waals surface area (Å²) in [4.78, 5) is 14.2. The number of amides is 1. The number of carbonyl (C=O) groups is 1. The molecule has 2 aliphatic rings. The fourth-order valence-electron chi connectivity index (χ4n) is 3.92. The molecule has 0 aliphatic carbocycles. The van der Waals surface area contributed by atoms with Crippen LogP contribution in [0.1, 0.15) is 24.0 Å². The van der Waals surface area contributed by atoms with Crippen molar-refractivity contribution in [3.63, 3.8) is 0 Å². The highest BCUT2D eigenvalue weighted by molar-refractivity contribution is 9.10. The molecule has 1 N–H and O–H groups in total. The number of halogens is 1. The molecule has 2 aromatic rings. The lowest BCUT2D eigenvalue weighted by molar-refractivity contribution is 0.0793. The van der Waals surface area contributed by atoms with Crippen molar-refractivity contribution in [1.82, 2.24) is 4.90 Å². The number of hydrogen-bond donors (Lipinski definition) is 1. The Labute approximate surface area is 156 Å². The second kappa shape index (κ2) is 6.71. The van der Waals surface area contributed by atoms with Crippen molar-refractivity contribution in [1.29, 1.82) is 0 Å². The van der Waals surface area contributed by atoms with Crippen molar-refractivity contribution < 1.29 is 9.53 Å². The molecule has 0 aromatic heterocycles. The summed E-state index contributed by atoms with van der Waals surface area (Å²) >= 11 is 3.71. The number of likely N-dealkylation sites (tertiary alicyclic amines) is 1. The number of hydrogen-bond acceptors (Lipinski definition) is 3. The Balaban J connectivity index is 1.39.